The Hall–Kier alpha value is -3.67. The maximum Gasteiger partial charge on any atom is 0.260 e. The molecule has 6 heteroatoms. The van der Waals surface area contributed by atoms with Gasteiger partial charge in [-0.1, -0.05) is 30.3 Å². The van der Waals surface area contributed by atoms with E-state index in [0.29, 0.717) is 24.4 Å². The van der Waals surface area contributed by atoms with Crippen molar-refractivity contribution < 1.29 is 14.3 Å². The fourth-order valence-corrected chi connectivity index (χ4v) is 3.69. The largest absolute Gasteiger partial charge is 0.494 e. The van der Waals surface area contributed by atoms with Crippen molar-refractivity contribution in [1.82, 2.24) is 10.3 Å². The number of hydrogen-bond acceptors (Lipinski definition) is 4. The number of aromatic nitrogens is 1. The van der Waals surface area contributed by atoms with Gasteiger partial charge in [-0.2, -0.15) is 0 Å². The molecule has 152 valence electrons. The second-order valence-corrected chi connectivity index (χ2v) is 7.02. The molecule has 30 heavy (non-hydrogen) atoms. The highest BCUT2D eigenvalue weighted by Crippen LogP contribution is 2.38. The van der Waals surface area contributed by atoms with Gasteiger partial charge in [-0.3, -0.25) is 19.5 Å². The minimum Gasteiger partial charge on any atom is -0.494 e. The number of hydrogen-bond donors (Lipinski definition) is 1. The smallest absolute Gasteiger partial charge is 0.260 e. The molecule has 0 unspecified atom stereocenters. The highest BCUT2D eigenvalue weighted by molar-refractivity contribution is 6.11. The SMILES string of the molecule is CCOc1cccc(CNC(=O)C[C@@H]2c3ncccc3C(=O)N2c2ccccc2)c1. The van der Waals surface area contributed by atoms with Crippen molar-refractivity contribution in [2.24, 2.45) is 0 Å². The van der Waals surface area contributed by atoms with Crippen LogP contribution in [0.4, 0.5) is 5.69 Å². The van der Waals surface area contributed by atoms with Gasteiger partial charge in [-0.25, -0.2) is 0 Å². The maximum absolute atomic E-state index is 13.0. The second kappa shape index (κ2) is 8.78. The molecule has 0 bridgehead atoms. The van der Waals surface area contributed by atoms with E-state index in [9.17, 15) is 9.59 Å². The Labute approximate surface area is 175 Å². The third kappa shape index (κ3) is 4.03. The Balaban J connectivity index is 1.50. The van der Waals surface area contributed by atoms with E-state index in [1.165, 1.54) is 0 Å². The molecule has 6 nitrogen and oxygen atoms in total. The summed E-state index contributed by atoms with van der Waals surface area (Å²) in [7, 11) is 0. The van der Waals surface area contributed by atoms with Gasteiger partial charge in [0.15, 0.2) is 0 Å². The minimum atomic E-state index is -0.439. The predicted molar refractivity (Wildman–Crippen MR) is 114 cm³/mol. The number of ether oxygens (including phenoxy) is 1. The monoisotopic (exact) mass is 401 g/mol. The van der Waals surface area contributed by atoms with E-state index >= 15 is 0 Å². The van der Waals surface area contributed by atoms with Crippen LogP contribution in [0.5, 0.6) is 5.75 Å². The predicted octanol–water partition coefficient (Wildman–Crippen LogP) is 3.89. The van der Waals surface area contributed by atoms with E-state index < -0.39 is 6.04 Å². The van der Waals surface area contributed by atoms with Crippen molar-refractivity contribution in [3.05, 3.63) is 89.7 Å². The summed E-state index contributed by atoms with van der Waals surface area (Å²) < 4.78 is 5.51. The standard InChI is InChI=1S/C24H23N3O3/c1-2-30-19-11-6-8-17(14-19)16-26-22(28)15-21-23-20(12-7-13-25-23)24(29)27(21)18-9-4-3-5-10-18/h3-14,21H,2,15-16H2,1H3,(H,26,28)/t21-/m1/s1. The zero-order chi connectivity index (χ0) is 20.9. The number of benzene rings is 2. The van der Waals surface area contributed by atoms with Gasteiger partial charge in [0.25, 0.3) is 5.91 Å². The highest BCUT2D eigenvalue weighted by atomic mass is 16.5. The van der Waals surface area contributed by atoms with Crippen LogP contribution in [0.1, 0.15) is 41.0 Å². The van der Waals surface area contributed by atoms with Crippen LogP contribution in [0.25, 0.3) is 0 Å². The lowest BCUT2D eigenvalue weighted by molar-refractivity contribution is -0.121. The van der Waals surface area contributed by atoms with E-state index in [2.05, 4.69) is 10.3 Å². The van der Waals surface area contributed by atoms with Gasteiger partial charge in [0.1, 0.15) is 5.75 Å². The number of nitrogens with one attached hydrogen (secondary N) is 1. The summed E-state index contributed by atoms with van der Waals surface area (Å²) in [6.45, 7) is 2.91. The van der Waals surface area contributed by atoms with Gasteiger partial charge >= 0.3 is 0 Å². The Morgan fingerprint density at radius 3 is 2.73 bits per heavy atom. The van der Waals surface area contributed by atoms with Gasteiger partial charge in [0, 0.05) is 18.4 Å². The fourth-order valence-electron chi connectivity index (χ4n) is 3.69. The third-order valence-corrected chi connectivity index (χ3v) is 5.03. The number of nitrogens with zero attached hydrogens (tertiary/aromatic N) is 2. The van der Waals surface area contributed by atoms with Crippen LogP contribution in [-0.4, -0.2) is 23.4 Å². The summed E-state index contributed by atoms with van der Waals surface area (Å²) in [5.74, 6) is 0.500. The average Bonchev–Trinajstić information content (AvgIpc) is 3.05. The lowest BCUT2D eigenvalue weighted by Crippen LogP contribution is -2.32. The van der Waals surface area contributed by atoms with Crippen molar-refractivity contribution >= 4 is 17.5 Å². The first-order chi connectivity index (χ1) is 14.7. The van der Waals surface area contributed by atoms with Crippen molar-refractivity contribution in [2.45, 2.75) is 25.9 Å². The van der Waals surface area contributed by atoms with Gasteiger partial charge in [-0.15, -0.1) is 0 Å². The number of para-hydroxylation sites is 1. The number of fused-ring (bicyclic) bond motifs is 1. The fraction of sp³-hybridized carbons (Fsp3) is 0.208. The van der Waals surface area contributed by atoms with Gasteiger partial charge in [0.2, 0.25) is 5.91 Å². The molecule has 2 heterocycles. The average molecular weight is 401 g/mol. The molecule has 2 amide bonds. The molecule has 0 saturated heterocycles. The maximum atomic E-state index is 13.0. The van der Waals surface area contributed by atoms with Crippen LogP contribution >= 0.6 is 0 Å². The van der Waals surface area contributed by atoms with Crippen molar-refractivity contribution in [3.63, 3.8) is 0 Å². The molecule has 3 aromatic rings. The summed E-state index contributed by atoms with van der Waals surface area (Å²) in [5.41, 5.74) is 2.89. The number of carbonyl (C=O) groups is 2. The van der Waals surface area contributed by atoms with Crippen molar-refractivity contribution in [2.75, 3.05) is 11.5 Å². The summed E-state index contributed by atoms with van der Waals surface area (Å²) in [6, 6.07) is 20.1. The van der Waals surface area contributed by atoms with Crippen LogP contribution in [0, 0.1) is 0 Å². The third-order valence-electron chi connectivity index (χ3n) is 5.03. The number of anilines is 1. The summed E-state index contributed by atoms with van der Waals surface area (Å²) in [4.78, 5) is 31.8. The Morgan fingerprint density at radius 1 is 1.10 bits per heavy atom. The van der Waals surface area contributed by atoms with E-state index in [0.717, 1.165) is 17.0 Å². The molecular weight excluding hydrogens is 378 g/mol. The number of amides is 2. The number of pyridine rings is 1. The molecule has 1 aliphatic heterocycles. The van der Waals surface area contributed by atoms with E-state index in [4.69, 9.17) is 4.74 Å². The number of rotatable bonds is 7. The van der Waals surface area contributed by atoms with Crippen molar-refractivity contribution in [3.8, 4) is 5.75 Å². The summed E-state index contributed by atoms with van der Waals surface area (Å²) >= 11 is 0. The quantitative estimate of drug-likeness (QED) is 0.652. The molecule has 0 aliphatic carbocycles. The van der Waals surface area contributed by atoms with E-state index in [1.807, 2.05) is 61.5 Å². The molecule has 2 aromatic carbocycles. The molecule has 0 fully saturated rings. The van der Waals surface area contributed by atoms with Crippen LogP contribution < -0.4 is 15.0 Å². The van der Waals surface area contributed by atoms with E-state index in [-0.39, 0.29) is 18.2 Å². The Bertz CT molecular complexity index is 1050. The molecule has 0 spiro atoms. The van der Waals surface area contributed by atoms with Crippen LogP contribution in [0.2, 0.25) is 0 Å². The molecule has 1 aliphatic rings. The second-order valence-electron chi connectivity index (χ2n) is 7.02. The number of carbonyl (C=O) groups excluding carboxylic acids is 2. The molecule has 1 aromatic heterocycles. The van der Waals surface area contributed by atoms with Crippen LogP contribution in [0.15, 0.2) is 72.9 Å². The molecule has 0 radical (unpaired) electrons. The molecule has 0 saturated carbocycles. The molecule has 4 rings (SSSR count). The zero-order valence-electron chi connectivity index (χ0n) is 16.7. The van der Waals surface area contributed by atoms with Gasteiger partial charge in [0.05, 0.1) is 30.3 Å². The summed E-state index contributed by atoms with van der Waals surface area (Å²) in [6.07, 6.45) is 1.79. The Morgan fingerprint density at radius 2 is 1.93 bits per heavy atom. The first-order valence-electron chi connectivity index (χ1n) is 9.99. The molecular formula is C24H23N3O3. The Kier molecular flexibility index (Phi) is 5.75. The first-order valence-corrected chi connectivity index (χ1v) is 9.99. The van der Waals surface area contributed by atoms with Gasteiger partial charge < -0.3 is 10.1 Å². The van der Waals surface area contributed by atoms with Crippen LogP contribution in [0.3, 0.4) is 0 Å². The van der Waals surface area contributed by atoms with Crippen LogP contribution in [-0.2, 0) is 11.3 Å². The molecule has 1 atom stereocenters. The van der Waals surface area contributed by atoms with Crippen molar-refractivity contribution in [1.29, 1.82) is 0 Å². The summed E-state index contributed by atoms with van der Waals surface area (Å²) in [5, 5.41) is 2.95. The zero-order valence-corrected chi connectivity index (χ0v) is 16.7. The van der Waals surface area contributed by atoms with E-state index in [1.54, 1.807) is 23.2 Å². The highest BCUT2D eigenvalue weighted by Gasteiger charge is 2.39. The minimum absolute atomic E-state index is 0.133. The van der Waals surface area contributed by atoms with Gasteiger partial charge in [-0.05, 0) is 48.9 Å². The normalized spacial score (nSPS) is 15.0. The lowest BCUT2D eigenvalue weighted by Gasteiger charge is -2.24. The lowest BCUT2D eigenvalue weighted by atomic mass is 10.1. The topological polar surface area (TPSA) is 71.5 Å². The molecule has 1 N–H and O–H groups in total. The first kappa shape index (κ1) is 19.6.